The van der Waals surface area contributed by atoms with Gasteiger partial charge in [-0.3, -0.25) is 0 Å². The average molecular weight is 275 g/mol. The highest BCUT2D eigenvalue weighted by Crippen LogP contribution is 2.09. The highest BCUT2D eigenvalue weighted by molar-refractivity contribution is 7.87. The van der Waals surface area contributed by atoms with E-state index in [1.54, 1.807) is 0 Å². The molecule has 1 atom stereocenters. The number of nitrogens with zero attached hydrogens (tertiary/aromatic N) is 2. The molecule has 6 heteroatoms. The molecule has 0 amide bonds. The molecule has 0 heterocycles. The van der Waals surface area contributed by atoms with E-state index in [2.05, 4.69) is 18.6 Å². The van der Waals surface area contributed by atoms with E-state index in [4.69, 9.17) is 5.26 Å². The molecule has 0 aromatic rings. The molecule has 1 N–H and O–H groups in total. The number of nitriles is 1. The van der Waals surface area contributed by atoms with Gasteiger partial charge in [-0.05, 0) is 19.3 Å². The van der Waals surface area contributed by atoms with Gasteiger partial charge in [0, 0.05) is 26.1 Å². The summed E-state index contributed by atoms with van der Waals surface area (Å²) < 4.78 is 27.5. The molecule has 0 saturated carbocycles. The first-order valence-corrected chi connectivity index (χ1v) is 7.84. The zero-order valence-corrected chi connectivity index (χ0v) is 12.6. The number of rotatable bonds is 9. The van der Waals surface area contributed by atoms with Crippen molar-refractivity contribution in [2.24, 2.45) is 5.92 Å². The Hall–Kier alpha value is -0.640. The Balaban J connectivity index is 4.11. The van der Waals surface area contributed by atoms with Gasteiger partial charge in [-0.2, -0.15) is 22.7 Å². The van der Waals surface area contributed by atoms with Crippen molar-refractivity contribution in [2.45, 2.75) is 52.5 Å². The first-order chi connectivity index (χ1) is 8.29. The molecule has 1 unspecified atom stereocenters. The van der Waals surface area contributed by atoms with Crippen molar-refractivity contribution in [3.63, 3.8) is 0 Å². The third-order valence-corrected chi connectivity index (χ3v) is 4.42. The minimum atomic E-state index is -3.45. The van der Waals surface area contributed by atoms with Crippen LogP contribution in [0.2, 0.25) is 0 Å². The fourth-order valence-electron chi connectivity index (χ4n) is 1.56. The molecule has 0 aliphatic rings. The Morgan fingerprint density at radius 2 is 1.89 bits per heavy atom. The third kappa shape index (κ3) is 7.64. The summed E-state index contributed by atoms with van der Waals surface area (Å²) >= 11 is 0. The molecule has 0 saturated heterocycles. The van der Waals surface area contributed by atoms with E-state index < -0.39 is 10.2 Å². The highest BCUT2D eigenvalue weighted by atomic mass is 32.2. The predicted molar refractivity (Wildman–Crippen MR) is 73.1 cm³/mol. The predicted octanol–water partition coefficient (Wildman–Crippen LogP) is 1.88. The van der Waals surface area contributed by atoms with Crippen LogP contribution < -0.4 is 4.72 Å². The van der Waals surface area contributed by atoms with Gasteiger partial charge in [0.15, 0.2) is 0 Å². The normalized spacial score (nSPS) is 13.8. The Morgan fingerprint density at radius 1 is 1.28 bits per heavy atom. The second-order valence-corrected chi connectivity index (χ2v) is 6.89. The summed E-state index contributed by atoms with van der Waals surface area (Å²) in [4.78, 5) is 0. The summed E-state index contributed by atoms with van der Waals surface area (Å²) in [6.07, 6.45) is 3.17. The largest absolute Gasteiger partial charge is 0.279 e. The summed E-state index contributed by atoms with van der Waals surface area (Å²) in [5.74, 6) is 0.645. The van der Waals surface area contributed by atoms with Crippen LogP contribution in [0.3, 0.4) is 0 Å². The van der Waals surface area contributed by atoms with Crippen molar-refractivity contribution in [1.82, 2.24) is 9.03 Å². The molecule has 0 aromatic carbocycles. The van der Waals surface area contributed by atoms with Gasteiger partial charge in [0.05, 0.1) is 6.07 Å². The maximum absolute atomic E-state index is 11.8. The van der Waals surface area contributed by atoms with Gasteiger partial charge in [-0.1, -0.05) is 26.7 Å². The van der Waals surface area contributed by atoms with Crippen LogP contribution in [0, 0.1) is 17.2 Å². The standard InChI is InChI=1S/C12H25N3O2S/c1-11(2)7-5-8-12(3)14-18(16,17)15(4)10-6-9-13/h11-12,14H,5-8,10H2,1-4H3. The summed E-state index contributed by atoms with van der Waals surface area (Å²) in [5.41, 5.74) is 0. The van der Waals surface area contributed by atoms with Crippen LogP contribution >= 0.6 is 0 Å². The van der Waals surface area contributed by atoms with Gasteiger partial charge in [-0.15, -0.1) is 0 Å². The maximum atomic E-state index is 11.8. The third-order valence-electron chi connectivity index (χ3n) is 2.72. The topological polar surface area (TPSA) is 73.2 Å². The van der Waals surface area contributed by atoms with E-state index >= 15 is 0 Å². The maximum Gasteiger partial charge on any atom is 0.279 e. The van der Waals surface area contributed by atoms with E-state index in [9.17, 15) is 8.42 Å². The lowest BCUT2D eigenvalue weighted by Gasteiger charge is -2.20. The van der Waals surface area contributed by atoms with Crippen LogP contribution in [-0.4, -0.2) is 32.4 Å². The average Bonchev–Trinajstić information content (AvgIpc) is 2.24. The van der Waals surface area contributed by atoms with Gasteiger partial charge in [0.2, 0.25) is 0 Å². The molecule has 0 rings (SSSR count). The fourth-order valence-corrected chi connectivity index (χ4v) is 2.70. The van der Waals surface area contributed by atoms with Gasteiger partial charge < -0.3 is 0 Å². The monoisotopic (exact) mass is 275 g/mol. The molecule has 0 fully saturated rings. The Morgan fingerprint density at radius 3 is 2.39 bits per heavy atom. The lowest BCUT2D eigenvalue weighted by atomic mass is 10.0. The van der Waals surface area contributed by atoms with Crippen molar-refractivity contribution >= 4 is 10.2 Å². The molecule has 0 aliphatic carbocycles. The van der Waals surface area contributed by atoms with Crippen molar-refractivity contribution in [3.8, 4) is 6.07 Å². The van der Waals surface area contributed by atoms with Crippen LogP contribution in [0.5, 0.6) is 0 Å². The minimum Gasteiger partial charge on any atom is -0.199 e. The summed E-state index contributed by atoms with van der Waals surface area (Å²) in [7, 11) is -1.96. The smallest absolute Gasteiger partial charge is 0.199 e. The molecule has 0 radical (unpaired) electrons. The van der Waals surface area contributed by atoms with Crippen LogP contribution in [0.4, 0.5) is 0 Å². The molecule has 106 valence electrons. The Bertz CT molecular complexity index is 360. The Labute approximate surface area is 111 Å². The molecule has 0 bridgehead atoms. The van der Waals surface area contributed by atoms with Gasteiger partial charge in [0.1, 0.15) is 0 Å². The number of hydrogen-bond donors (Lipinski definition) is 1. The van der Waals surface area contributed by atoms with Gasteiger partial charge >= 0.3 is 0 Å². The van der Waals surface area contributed by atoms with E-state index in [0.717, 1.165) is 19.3 Å². The minimum absolute atomic E-state index is 0.0710. The SMILES string of the molecule is CC(C)CCCC(C)NS(=O)(=O)N(C)CCC#N. The molecule has 0 spiro atoms. The van der Waals surface area contributed by atoms with Crippen molar-refractivity contribution < 1.29 is 8.42 Å². The number of hydrogen-bond acceptors (Lipinski definition) is 3. The van der Waals surface area contributed by atoms with E-state index in [1.807, 2.05) is 13.0 Å². The zero-order chi connectivity index (χ0) is 14.2. The van der Waals surface area contributed by atoms with Crippen LogP contribution in [0.1, 0.15) is 46.5 Å². The first-order valence-electron chi connectivity index (χ1n) is 6.40. The highest BCUT2D eigenvalue weighted by Gasteiger charge is 2.19. The van der Waals surface area contributed by atoms with Gasteiger partial charge in [-0.25, -0.2) is 0 Å². The molecular weight excluding hydrogens is 250 g/mol. The fraction of sp³-hybridized carbons (Fsp3) is 0.917. The van der Waals surface area contributed by atoms with E-state index in [0.29, 0.717) is 5.92 Å². The summed E-state index contributed by atoms with van der Waals surface area (Å²) in [6, 6.07) is 1.87. The summed E-state index contributed by atoms with van der Waals surface area (Å²) in [6.45, 7) is 6.41. The van der Waals surface area contributed by atoms with E-state index in [-0.39, 0.29) is 19.0 Å². The van der Waals surface area contributed by atoms with Crippen molar-refractivity contribution in [2.75, 3.05) is 13.6 Å². The van der Waals surface area contributed by atoms with Crippen molar-refractivity contribution in [1.29, 1.82) is 5.26 Å². The molecule has 0 aromatic heterocycles. The lowest BCUT2D eigenvalue weighted by Crippen LogP contribution is -2.42. The Kier molecular flexibility index (Phi) is 8.16. The quantitative estimate of drug-likeness (QED) is 0.698. The zero-order valence-electron chi connectivity index (χ0n) is 11.8. The van der Waals surface area contributed by atoms with Crippen LogP contribution in [-0.2, 0) is 10.2 Å². The first kappa shape index (κ1) is 17.4. The molecule has 0 aliphatic heterocycles. The molecule has 5 nitrogen and oxygen atoms in total. The second-order valence-electron chi connectivity index (χ2n) is 5.08. The van der Waals surface area contributed by atoms with Crippen molar-refractivity contribution in [3.05, 3.63) is 0 Å². The molecule has 18 heavy (non-hydrogen) atoms. The number of nitrogens with one attached hydrogen (secondary N) is 1. The second kappa shape index (κ2) is 8.46. The van der Waals surface area contributed by atoms with Crippen LogP contribution in [0.15, 0.2) is 0 Å². The lowest BCUT2D eigenvalue weighted by molar-refractivity contribution is 0.441. The molecular formula is C12H25N3O2S. The van der Waals surface area contributed by atoms with Crippen LogP contribution in [0.25, 0.3) is 0 Å². The summed E-state index contributed by atoms with van der Waals surface area (Å²) in [5, 5.41) is 8.44. The van der Waals surface area contributed by atoms with E-state index in [1.165, 1.54) is 11.4 Å². The van der Waals surface area contributed by atoms with Gasteiger partial charge in [0.25, 0.3) is 10.2 Å².